The fourth-order valence-corrected chi connectivity index (χ4v) is 0. The normalized spacial score (nSPS) is 4.50. The summed E-state index contributed by atoms with van der Waals surface area (Å²) in [4.78, 5) is 0. The third kappa shape index (κ3) is 23.4. The van der Waals surface area contributed by atoms with Crippen LogP contribution in [0.2, 0.25) is 0 Å². The van der Waals surface area contributed by atoms with Gasteiger partial charge in [-0.05, 0) is 0 Å². The molecule has 0 amide bonds. The van der Waals surface area contributed by atoms with E-state index < -0.39 is 6.93 Å². The minimum absolute atomic E-state index is 0. The van der Waals surface area contributed by atoms with Crippen molar-refractivity contribution in [2.45, 2.75) is 0 Å². The maximum atomic E-state index is 9.62. The van der Waals surface area contributed by atoms with Gasteiger partial charge in [0.25, 0.3) is 0 Å². The van der Waals surface area contributed by atoms with Gasteiger partial charge in [-0.2, -0.15) is 0 Å². The zero-order chi connectivity index (χ0) is 2.71. The van der Waals surface area contributed by atoms with Gasteiger partial charge in [-0.1, -0.05) is 0 Å². The first kappa shape index (κ1) is 8.82. The summed E-state index contributed by atoms with van der Waals surface area (Å²) in [6.45, 7) is -1.75. The fraction of sp³-hybridized carbons (Fsp3) is 1.00. The molecular weight excluding hydrogens is 115 g/mol. The second-order valence-corrected chi connectivity index (χ2v) is 0.101. The largest absolute Gasteiger partial charge is 0.229 e. The molecule has 0 aromatic rings. The minimum atomic E-state index is -1.75. The van der Waals surface area contributed by atoms with Crippen molar-refractivity contribution in [1.29, 1.82) is 0 Å². The molecule has 0 N–H and O–H groups in total. The summed E-state index contributed by atoms with van der Waals surface area (Å²) in [7, 11) is 0. The van der Waals surface area contributed by atoms with Crippen LogP contribution in [-0.4, -0.2) is 6.93 Å². The van der Waals surface area contributed by atoms with Crippen molar-refractivity contribution in [1.82, 2.24) is 0 Å². The van der Waals surface area contributed by atoms with Gasteiger partial charge in [0.1, 0.15) is 0 Å². The molecule has 4 heavy (non-hydrogen) atoms. The van der Waals surface area contributed by atoms with Crippen molar-refractivity contribution in [3.8, 4) is 0 Å². The van der Waals surface area contributed by atoms with E-state index >= 15 is 0 Å². The molecule has 0 fully saturated rings. The van der Waals surface area contributed by atoms with E-state index in [1.165, 1.54) is 0 Å². The molecule has 3 heteroatoms. The Kier molecular flexibility index (Phi) is 21.5. The number of rotatable bonds is 0. The molecule has 0 aliphatic carbocycles. The molecule has 0 radical (unpaired) electrons. The summed E-state index contributed by atoms with van der Waals surface area (Å²) in [5, 5.41) is 0. The average molecular weight is 117 g/mol. The van der Waals surface area contributed by atoms with Crippen LogP contribution in [0.3, 0.4) is 0 Å². The smallest absolute Gasteiger partial charge is 0.214 e. The molecule has 0 aromatic carbocycles. The van der Waals surface area contributed by atoms with E-state index in [1.54, 1.807) is 0 Å². The molecule has 0 saturated heterocycles. The van der Waals surface area contributed by atoms with E-state index in [9.17, 15) is 8.78 Å². The molecule has 0 spiro atoms. The maximum Gasteiger partial charge on any atom is 0.229 e. The topological polar surface area (TPSA) is 0 Å². The van der Waals surface area contributed by atoms with Gasteiger partial charge in [0.2, 0.25) is 6.93 Å². The predicted octanol–water partition coefficient (Wildman–Crippen LogP) is 0.880. The van der Waals surface area contributed by atoms with Crippen molar-refractivity contribution < 1.29 is 28.3 Å². The quantitative estimate of drug-likeness (QED) is 0.413. The SMILES string of the molecule is FCF.[Zn]. The summed E-state index contributed by atoms with van der Waals surface area (Å²) in [5.74, 6) is 0. The molecule has 0 aliphatic rings. The molecule has 0 heterocycles. The second kappa shape index (κ2) is 9.76. The van der Waals surface area contributed by atoms with Crippen molar-refractivity contribution >= 4 is 0 Å². The van der Waals surface area contributed by atoms with E-state index in [4.69, 9.17) is 0 Å². The molecule has 22 valence electrons. The molecular formula is CH2F2Zn. The summed E-state index contributed by atoms with van der Waals surface area (Å²) in [6.07, 6.45) is 0. The number of hydrogen-bond donors (Lipinski definition) is 0. The van der Waals surface area contributed by atoms with Crippen LogP contribution in [0.25, 0.3) is 0 Å². The minimum Gasteiger partial charge on any atom is -0.214 e. The third-order valence-electron chi connectivity index (χ3n) is 0. The van der Waals surface area contributed by atoms with Crippen molar-refractivity contribution in [2.75, 3.05) is 6.93 Å². The first-order valence-corrected chi connectivity index (χ1v) is 0.535. The zero-order valence-corrected chi connectivity index (χ0v) is 5.14. The van der Waals surface area contributed by atoms with Gasteiger partial charge in [0.05, 0.1) is 0 Å². The molecule has 0 saturated carbocycles. The summed E-state index contributed by atoms with van der Waals surface area (Å²) < 4.78 is 19.2. The van der Waals surface area contributed by atoms with Crippen LogP contribution in [0.1, 0.15) is 0 Å². The van der Waals surface area contributed by atoms with Crippen molar-refractivity contribution in [2.24, 2.45) is 0 Å². The third-order valence-corrected chi connectivity index (χ3v) is 0. The monoisotopic (exact) mass is 116 g/mol. The Labute approximate surface area is 36.0 Å². The zero-order valence-electron chi connectivity index (χ0n) is 2.17. The first-order valence-electron chi connectivity index (χ1n) is 0.535. The van der Waals surface area contributed by atoms with Gasteiger partial charge < -0.3 is 0 Å². The molecule has 0 unspecified atom stereocenters. The predicted molar refractivity (Wildman–Crippen MR) is 7.08 cm³/mol. The van der Waals surface area contributed by atoms with Gasteiger partial charge in [-0.25, -0.2) is 8.78 Å². The van der Waals surface area contributed by atoms with E-state index in [0.29, 0.717) is 0 Å². The molecule has 0 aliphatic heterocycles. The van der Waals surface area contributed by atoms with Gasteiger partial charge in [-0.3, -0.25) is 0 Å². The van der Waals surface area contributed by atoms with E-state index in [-0.39, 0.29) is 19.5 Å². The van der Waals surface area contributed by atoms with Crippen molar-refractivity contribution in [3.05, 3.63) is 0 Å². The molecule has 0 atom stereocenters. The van der Waals surface area contributed by atoms with Crippen molar-refractivity contribution in [3.63, 3.8) is 0 Å². The van der Waals surface area contributed by atoms with Gasteiger partial charge >= 0.3 is 0 Å². The molecule has 0 nitrogen and oxygen atoms in total. The Balaban J connectivity index is 0. The molecule has 0 bridgehead atoms. The average Bonchev–Trinajstić information content (AvgIpc) is 0.918. The Bertz CT molecular complexity index is 6.00. The molecule has 0 aromatic heterocycles. The van der Waals surface area contributed by atoms with Gasteiger partial charge in [0.15, 0.2) is 0 Å². The van der Waals surface area contributed by atoms with E-state index in [0.717, 1.165) is 0 Å². The maximum absolute atomic E-state index is 9.62. The second-order valence-electron chi connectivity index (χ2n) is 0.101. The fourth-order valence-electron chi connectivity index (χ4n) is 0. The number of halogens is 2. The van der Waals surface area contributed by atoms with Crippen LogP contribution in [0.4, 0.5) is 8.78 Å². The van der Waals surface area contributed by atoms with Gasteiger partial charge in [0, 0.05) is 19.5 Å². The number of alkyl halides is 2. The Morgan fingerprint density at radius 2 is 1.25 bits per heavy atom. The van der Waals surface area contributed by atoms with Crippen LogP contribution in [0.5, 0.6) is 0 Å². The first-order chi connectivity index (χ1) is 1.41. The Morgan fingerprint density at radius 1 is 1.25 bits per heavy atom. The summed E-state index contributed by atoms with van der Waals surface area (Å²) >= 11 is 0. The van der Waals surface area contributed by atoms with Gasteiger partial charge in [-0.15, -0.1) is 0 Å². The van der Waals surface area contributed by atoms with Crippen LogP contribution in [0.15, 0.2) is 0 Å². The Hall–Kier alpha value is 0.483. The standard InChI is InChI=1S/CH2F2.Zn/c2-1-3;/h1H2;. The Morgan fingerprint density at radius 3 is 1.25 bits per heavy atom. The van der Waals surface area contributed by atoms with Crippen LogP contribution in [0, 0.1) is 0 Å². The van der Waals surface area contributed by atoms with Crippen LogP contribution in [-0.2, 0) is 19.5 Å². The van der Waals surface area contributed by atoms with E-state index in [1.807, 2.05) is 0 Å². The number of hydrogen-bond acceptors (Lipinski definition) is 0. The molecule has 0 rings (SSSR count). The van der Waals surface area contributed by atoms with Crippen LogP contribution >= 0.6 is 0 Å². The van der Waals surface area contributed by atoms with E-state index in [2.05, 4.69) is 0 Å². The van der Waals surface area contributed by atoms with Crippen LogP contribution < -0.4 is 0 Å². The summed E-state index contributed by atoms with van der Waals surface area (Å²) in [5.41, 5.74) is 0. The summed E-state index contributed by atoms with van der Waals surface area (Å²) in [6, 6.07) is 0.